The predicted molar refractivity (Wildman–Crippen MR) is 131 cm³/mol. The molecule has 7 heteroatoms. The molecular weight excluding hydrogens is 412 g/mol. The van der Waals surface area contributed by atoms with Crippen molar-refractivity contribution in [3.8, 4) is 24.2 Å². The van der Waals surface area contributed by atoms with Gasteiger partial charge in [0.15, 0.2) is 16.6 Å². The van der Waals surface area contributed by atoms with Crippen molar-refractivity contribution in [3.05, 3.63) is 0 Å². The van der Waals surface area contributed by atoms with Crippen molar-refractivity contribution in [3.63, 3.8) is 0 Å². The van der Waals surface area contributed by atoms with Crippen LogP contribution in [0.5, 0.6) is 0 Å². The SMILES string of the molecule is C#CCO[Si](C)(C)C(C)(C)C.C1CCOC1.CC(C)(C)[Si](C)(C)OCC#CC(=O)O. The number of terminal acetylenes is 1. The second kappa shape index (κ2) is 14.1. The highest BCUT2D eigenvalue weighted by atomic mass is 28.4. The highest BCUT2D eigenvalue weighted by Crippen LogP contribution is 2.37. The van der Waals surface area contributed by atoms with Crippen molar-refractivity contribution >= 4 is 22.6 Å². The van der Waals surface area contributed by atoms with Crippen molar-refractivity contribution in [2.24, 2.45) is 0 Å². The fraction of sp³-hybridized carbons (Fsp3) is 0.783. The molecule has 0 aliphatic carbocycles. The molecular formula is C23H44O5Si2. The largest absolute Gasteiger partial charge is 0.472 e. The summed E-state index contributed by atoms with van der Waals surface area (Å²) in [5.74, 6) is 5.91. The molecule has 174 valence electrons. The molecule has 1 aliphatic rings. The third kappa shape index (κ3) is 14.8. The standard InChI is InChI=1S/C10H18O3Si.C9H18OSi.C4H8O/c1-10(2,3)14(4,5)13-8-6-7-9(11)12;1-7-8-10-11(5,6)9(2,3)4;1-2-4-5-3-1/h8H2,1-5H3,(H,11,12);1H,8H2,2-6H3;1-4H2. The molecule has 1 saturated heterocycles. The first-order valence-corrected chi connectivity index (χ1v) is 16.3. The Morgan fingerprint density at radius 1 is 0.933 bits per heavy atom. The molecule has 0 spiro atoms. The molecule has 0 radical (unpaired) electrons. The first-order valence-electron chi connectivity index (χ1n) is 10.5. The summed E-state index contributed by atoms with van der Waals surface area (Å²) >= 11 is 0. The molecule has 0 aromatic heterocycles. The van der Waals surface area contributed by atoms with Crippen LogP contribution < -0.4 is 0 Å². The monoisotopic (exact) mass is 456 g/mol. The smallest absolute Gasteiger partial charge is 0.381 e. The molecule has 0 unspecified atom stereocenters. The summed E-state index contributed by atoms with van der Waals surface area (Å²) in [6.45, 7) is 24.3. The van der Waals surface area contributed by atoms with Gasteiger partial charge in [0, 0.05) is 19.1 Å². The van der Waals surface area contributed by atoms with Gasteiger partial charge in [-0.15, -0.1) is 6.42 Å². The van der Waals surface area contributed by atoms with Crippen molar-refractivity contribution in [1.29, 1.82) is 0 Å². The molecule has 5 nitrogen and oxygen atoms in total. The Morgan fingerprint density at radius 2 is 1.33 bits per heavy atom. The number of aliphatic carboxylic acids is 1. The average Bonchev–Trinajstić information content (AvgIpc) is 3.15. The number of rotatable bonds is 4. The Morgan fingerprint density at radius 3 is 1.60 bits per heavy atom. The van der Waals surface area contributed by atoms with Crippen molar-refractivity contribution < 1.29 is 23.5 Å². The molecule has 1 heterocycles. The number of carbonyl (C=O) groups is 1. The molecule has 0 saturated carbocycles. The zero-order chi connectivity index (χ0) is 24.1. The van der Waals surface area contributed by atoms with Gasteiger partial charge in [-0.2, -0.15) is 0 Å². The Balaban J connectivity index is 0. The van der Waals surface area contributed by atoms with E-state index in [-0.39, 0.29) is 16.7 Å². The van der Waals surface area contributed by atoms with Crippen LogP contribution in [-0.2, 0) is 18.4 Å². The van der Waals surface area contributed by atoms with E-state index in [0.29, 0.717) is 6.61 Å². The van der Waals surface area contributed by atoms with Gasteiger partial charge in [0.1, 0.15) is 0 Å². The van der Waals surface area contributed by atoms with E-state index in [4.69, 9.17) is 25.1 Å². The van der Waals surface area contributed by atoms with Crippen LogP contribution in [0.4, 0.5) is 0 Å². The first-order chi connectivity index (χ1) is 13.5. The van der Waals surface area contributed by atoms with E-state index in [2.05, 4.69) is 79.6 Å². The fourth-order valence-electron chi connectivity index (χ4n) is 1.49. The highest BCUT2D eigenvalue weighted by Gasteiger charge is 2.37. The lowest BCUT2D eigenvalue weighted by Gasteiger charge is -2.35. The van der Waals surface area contributed by atoms with Crippen LogP contribution in [0.25, 0.3) is 0 Å². The van der Waals surface area contributed by atoms with Gasteiger partial charge in [0.05, 0.1) is 13.2 Å². The minimum Gasteiger partial charge on any atom is -0.472 e. The van der Waals surface area contributed by atoms with Gasteiger partial charge in [-0.25, -0.2) is 4.79 Å². The molecule has 0 atom stereocenters. The Hall–Kier alpha value is -1.10. The number of carboxylic acids is 1. The van der Waals surface area contributed by atoms with Crippen LogP contribution in [0.3, 0.4) is 0 Å². The predicted octanol–water partition coefficient (Wildman–Crippen LogP) is 5.53. The maximum absolute atomic E-state index is 10.1. The van der Waals surface area contributed by atoms with Gasteiger partial charge in [0.2, 0.25) is 0 Å². The quantitative estimate of drug-likeness (QED) is 0.445. The second-order valence-corrected chi connectivity index (χ2v) is 19.8. The van der Waals surface area contributed by atoms with E-state index in [1.165, 1.54) is 12.8 Å². The summed E-state index contributed by atoms with van der Waals surface area (Å²) in [6, 6.07) is 0. The van der Waals surface area contributed by atoms with Crippen molar-refractivity contribution in [2.75, 3.05) is 26.4 Å². The van der Waals surface area contributed by atoms with Crippen LogP contribution in [0, 0.1) is 24.2 Å². The van der Waals surface area contributed by atoms with E-state index >= 15 is 0 Å². The lowest BCUT2D eigenvalue weighted by atomic mass is 10.2. The fourth-order valence-corrected chi connectivity index (χ4v) is 3.24. The number of ether oxygens (including phenoxy) is 1. The van der Waals surface area contributed by atoms with Gasteiger partial charge >= 0.3 is 5.97 Å². The number of hydrogen-bond donors (Lipinski definition) is 1. The van der Waals surface area contributed by atoms with Crippen molar-refractivity contribution in [1.82, 2.24) is 0 Å². The van der Waals surface area contributed by atoms with E-state index < -0.39 is 22.6 Å². The summed E-state index contributed by atoms with van der Waals surface area (Å²) in [6.07, 6.45) is 7.68. The lowest BCUT2D eigenvalue weighted by Crippen LogP contribution is -2.40. The molecule has 30 heavy (non-hydrogen) atoms. The Bertz CT molecular complexity index is 585. The molecule has 0 aromatic rings. The molecule has 0 amide bonds. The molecule has 1 rings (SSSR count). The van der Waals surface area contributed by atoms with Gasteiger partial charge in [0.25, 0.3) is 0 Å². The maximum atomic E-state index is 10.1. The Labute approximate surface area is 187 Å². The van der Waals surface area contributed by atoms with Gasteiger partial charge in [-0.1, -0.05) is 53.4 Å². The summed E-state index contributed by atoms with van der Waals surface area (Å²) in [7, 11) is -3.34. The first kappa shape index (κ1) is 31.1. The zero-order valence-corrected chi connectivity index (χ0v) is 22.9. The van der Waals surface area contributed by atoms with Gasteiger partial charge in [-0.3, -0.25) is 0 Å². The van der Waals surface area contributed by atoms with E-state index in [0.717, 1.165) is 13.2 Å². The third-order valence-electron chi connectivity index (χ3n) is 5.66. The van der Waals surface area contributed by atoms with E-state index in [9.17, 15) is 4.79 Å². The maximum Gasteiger partial charge on any atom is 0.381 e. The molecule has 0 bridgehead atoms. The molecule has 1 fully saturated rings. The van der Waals surface area contributed by atoms with Crippen LogP contribution >= 0.6 is 0 Å². The summed E-state index contributed by atoms with van der Waals surface area (Å²) < 4.78 is 16.2. The van der Waals surface area contributed by atoms with Crippen molar-refractivity contribution in [2.45, 2.75) is 90.6 Å². The summed E-state index contributed by atoms with van der Waals surface area (Å²) in [5.41, 5.74) is 0. The van der Waals surface area contributed by atoms with E-state index in [1.807, 2.05) is 5.92 Å². The summed E-state index contributed by atoms with van der Waals surface area (Å²) in [4.78, 5) is 10.1. The number of carboxylic acid groups (broad SMARTS) is 1. The third-order valence-corrected chi connectivity index (χ3v) is 14.6. The topological polar surface area (TPSA) is 65.0 Å². The van der Waals surface area contributed by atoms with Crippen LogP contribution in [0.1, 0.15) is 54.4 Å². The van der Waals surface area contributed by atoms with Gasteiger partial charge in [-0.05, 0) is 49.1 Å². The minimum atomic E-state index is -1.77. The van der Waals surface area contributed by atoms with Crippen LogP contribution in [-0.4, -0.2) is 54.1 Å². The van der Waals surface area contributed by atoms with Crippen LogP contribution in [0.2, 0.25) is 36.3 Å². The van der Waals surface area contributed by atoms with E-state index in [1.54, 1.807) is 0 Å². The average molecular weight is 457 g/mol. The normalized spacial score (nSPS) is 14.2. The Kier molecular flexibility index (Phi) is 14.6. The lowest BCUT2D eigenvalue weighted by molar-refractivity contribution is -0.130. The zero-order valence-electron chi connectivity index (χ0n) is 20.9. The molecule has 0 aromatic carbocycles. The van der Waals surface area contributed by atoms with Crippen LogP contribution in [0.15, 0.2) is 0 Å². The highest BCUT2D eigenvalue weighted by molar-refractivity contribution is 6.74. The summed E-state index contributed by atoms with van der Waals surface area (Å²) in [5, 5.41) is 8.69. The molecule has 1 N–H and O–H groups in total. The number of hydrogen-bond acceptors (Lipinski definition) is 4. The second-order valence-electron chi connectivity index (χ2n) is 10.2. The van der Waals surface area contributed by atoms with Gasteiger partial charge < -0.3 is 18.7 Å². The minimum absolute atomic E-state index is 0.137. The molecule has 1 aliphatic heterocycles.